The fourth-order valence-electron chi connectivity index (χ4n) is 9.39. The number of aryl methyl sites for hydroxylation is 18. The largest absolute Gasteiger partial charge is 0.257 e. The Morgan fingerprint density at radius 1 is 0.346 bits per heavy atom. The number of rotatable bonds is 8. The highest BCUT2D eigenvalue weighted by Gasteiger charge is 2.20. The number of aromatic nitrogens is 4. The molecule has 4 nitrogen and oxygen atoms in total. The summed E-state index contributed by atoms with van der Waals surface area (Å²) in [7, 11) is 5.39. The van der Waals surface area contributed by atoms with E-state index < -0.39 is 78.4 Å². The van der Waals surface area contributed by atoms with Gasteiger partial charge >= 0.3 is 0 Å². The van der Waals surface area contributed by atoms with E-state index in [1.807, 2.05) is 64.1 Å². The van der Waals surface area contributed by atoms with Gasteiger partial charge in [-0.25, -0.2) is 13.7 Å². The van der Waals surface area contributed by atoms with E-state index in [2.05, 4.69) is 4.98 Å². The Kier molecular flexibility index (Phi) is 11.2. The van der Waals surface area contributed by atoms with Crippen LogP contribution in [-0.2, 0) is 21.1 Å². The maximum atomic E-state index is 8.38. The van der Waals surface area contributed by atoms with Gasteiger partial charge in [-0.1, -0.05) is 91.5 Å². The molecule has 0 aliphatic rings. The number of hydrogen-bond acceptors (Lipinski definition) is 1. The summed E-state index contributed by atoms with van der Waals surface area (Å²) in [5.74, 6) is -6.97. The van der Waals surface area contributed by atoms with E-state index in [0.29, 0.717) is 72.5 Å². The minimum absolute atomic E-state index is 0.172. The zero-order valence-electron chi connectivity index (χ0n) is 77.1. The number of nitrogens with zero attached hydrogens (tertiary/aromatic N) is 4. The lowest BCUT2D eigenvalue weighted by atomic mass is 9.90. The van der Waals surface area contributed by atoms with Crippen LogP contribution in [0.25, 0.3) is 44.9 Å². The molecule has 4 unspecified atom stereocenters. The van der Waals surface area contributed by atoms with Crippen LogP contribution in [0.2, 0.25) is 0 Å². The van der Waals surface area contributed by atoms with E-state index in [0.717, 1.165) is 72.7 Å². The van der Waals surface area contributed by atoms with Gasteiger partial charge in [-0.05, 0) is 241 Å². The molecule has 0 fully saturated rings. The van der Waals surface area contributed by atoms with Gasteiger partial charge in [0.05, 0.1) is 0 Å². The minimum atomic E-state index is -2.50. The van der Waals surface area contributed by atoms with Crippen molar-refractivity contribution < 1.29 is 52.1 Å². The lowest BCUT2D eigenvalue weighted by molar-refractivity contribution is -0.661. The van der Waals surface area contributed by atoms with Crippen molar-refractivity contribution in [1.29, 1.82) is 0 Å². The second-order valence-corrected chi connectivity index (χ2v) is 20.9. The van der Waals surface area contributed by atoms with Crippen molar-refractivity contribution in [2.75, 3.05) is 0 Å². The Morgan fingerprint density at radius 2 is 0.744 bits per heavy atom. The van der Waals surface area contributed by atoms with E-state index in [4.69, 9.17) is 38.4 Å². The molecule has 0 aliphatic heterocycles. The number of hydrogen-bond donors (Lipinski definition) is 0. The van der Waals surface area contributed by atoms with Gasteiger partial charge in [-0.2, -0.15) is 0 Å². The number of pyridine rings is 4. The van der Waals surface area contributed by atoms with Crippen molar-refractivity contribution >= 4 is 0 Å². The lowest BCUT2D eigenvalue weighted by Crippen LogP contribution is -2.31. The third-order valence-corrected chi connectivity index (χ3v) is 14.2. The third kappa shape index (κ3) is 15.0. The van der Waals surface area contributed by atoms with Gasteiger partial charge in [0.15, 0.2) is 18.6 Å². The Balaban J connectivity index is 0.000000254. The Hall–Kier alpha value is -6.52. The molecule has 0 N–H and O–H groups in total. The fourth-order valence-corrected chi connectivity index (χ4v) is 9.39. The van der Waals surface area contributed by atoms with Gasteiger partial charge in [0, 0.05) is 107 Å². The van der Waals surface area contributed by atoms with Gasteiger partial charge < -0.3 is 0 Å². The molecule has 0 radical (unpaired) electrons. The second-order valence-electron chi connectivity index (χ2n) is 20.9. The van der Waals surface area contributed by atoms with Crippen LogP contribution >= 0.6 is 0 Å². The average molecular weight is 1070 g/mol. The third-order valence-electron chi connectivity index (χ3n) is 14.2. The predicted molar refractivity (Wildman–Crippen MR) is 336 cm³/mol. The van der Waals surface area contributed by atoms with Crippen LogP contribution in [0.5, 0.6) is 0 Å². The summed E-state index contributed by atoms with van der Waals surface area (Å²) in [6.45, 7) is 6.96. The first-order valence-electron chi connectivity index (χ1n) is 39.9. The summed E-state index contributed by atoms with van der Waals surface area (Å²) >= 11 is 0. The van der Waals surface area contributed by atoms with Crippen LogP contribution < -0.4 is 13.7 Å². The molecule has 4 heterocycles. The van der Waals surface area contributed by atoms with Crippen LogP contribution in [-0.4, -0.2) is 4.98 Å². The summed E-state index contributed by atoms with van der Waals surface area (Å²) in [5.41, 5.74) is 17.7. The summed E-state index contributed by atoms with van der Waals surface area (Å²) in [6, 6.07) is 24.7. The molecular formula is C74H99N4+3. The maximum Gasteiger partial charge on any atom is 0.212 e. The van der Waals surface area contributed by atoms with Crippen molar-refractivity contribution in [1.82, 2.24) is 4.98 Å². The van der Waals surface area contributed by atoms with E-state index in [9.17, 15) is 0 Å². The van der Waals surface area contributed by atoms with Crippen molar-refractivity contribution in [3.8, 4) is 44.9 Å². The minimum Gasteiger partial charge on any atom is -0.257 e. The summed E-state index contributed by atoms with van der Waals surface area (Å²) in [5, 5.41) is 0. The fraction of sp³-hybridized carbons (Fsp3) is 0.405. The standard InChI is InChI=1S/C20H27N.C19H26N.C18H24N.C17H22N/c1-12(2)18-10-15(6)19(11-14(18)5)17-8-9-20(13(3)4)21-16(17)7;1-12(2)17-8-15(5)18(9-14(17)4)19-10-13(3)16(6)11-20(19)7;1-12(2)16-7-8-18(19(6)11-16)17-10-14(4)13(3)9-15(17)5;1-11-7-14(4)16(8-12(11)2)17-9-13(3)15(5)10-18(17)6/h8-13H,1-7H3;8-12H,1-7H3;7-12H,1-6H3;7-10H,1-6H3/q;3*+1/i1D3,3D3,12D,13D;1D3,6D3,12D;1D3,3D3,12D;1D3,5D3. The summed E-state index contributed by atoms with van der Waals surface area (Å²) < 4.78 is 222. The molecule has 4 atom stereocenters. The molecule has 412 valence electrons. The SMILES string of the molecule is [2H]C([2H])([2H])C([2H])(C)c1ccc(-c2cc(C)c(C([2H])(C)C([2H])([2H])[2H])cc2C)c(C)n1.[2H]C([2H])([2H])c1c[n+](C)c(-c2cc(C)c(C([2H])(C)C([2H])([2H])[2H])cc2C)cc1C.[2H]C([2H])([2H])c1cc(C)c(-c2cc(C)c(C([2H])([2H])[2H])c[n+]2C)cc1C.[2H]C([2H])([2H])c1cc(C)c(-c2ccc(C([2H])(C)C([2H])([2H])[2H])c[n+]2C)cc1C. The molecule has 0 bridgehead atoms. The molecule has 78 heavy (non-hydrogen) atoms. The zero-order chi connectivity index (χ0) is 82.0. The highest BCUT2D eigenvalue weighted by molar-refractivity contribution is 5.71. The molecular weight excluding hydrogens is 945 g/mol. The average Bonchev–Trinajstić information content (AvgIpc) is 0.767. The Bertz CT molecular complexity index is 4500. The van der Waals surface area contributed by atoms with Crippen molar-refractivity contribution in [2.45, 2.75) is 182 Å². The van der Waals surface area contributed by atoms with Crippen molar-refractivity contribution in [3.05, 3.63) is 209 Å². The van der Waals surface area contributed by atoms with Crippen molar-refractivity contribution in [2.24, 2.45) is 21.1 Å². The molecule has 0 saturated carbocycles. The molecule has 4 aromatic heterocycles. The first-order chi connectivity index (χ1) is 47.5. The van der Waals surface area contributed by atoms with Gasteiger partial charge in [0.25, 0.3) is 0 Å². The molecule has 4 aromatic carbocycles. The highest BCUT2D eigenvalue weighted by Crippen LogP contribution is 2.33. The Labute approximate surface area is 514 Å². The van der Waals surface area contributed by atoms with Crippen LogP contribution in [0.3, 0.4) is 0 Å². The zero-order valence-corrected chi connectivity index (χ0v) is 49.1. The normalized spacial score (nSPS) is 20.7. The van der Waals surface area contributed by atoms with Gasteiger partial charge in [0.2, 0.25) is 17.1 Å². The number of benzene rings is 4. The van der Waals surface area contributed by atoms with Gasteiger partial charge in [-0.3, -0.25) is 4.98 Å². The maximum absolute atomic E-state index is 8.38. The van der Waals surface area contributed by atoms with Crippen LogP contribution in [0, 0.1) is 104 Å². The van der Waals surface area contributed by atoms with Crippen molar-refractivity contribution in [3.63, 3.8) is 0 Å². The first kappa shape index (κ1) is 33.2. The summed E-state index contributed by atoms with van der Waals surface area (Å²) in [6.07, 6.45) is 4.91. The molecule has 0 saturated heterocycles. The van der Waals surface area contributed by atoms with Crippen LogP contribution in [0.4, 0.5) is 0 Å². The first-order valence-corrected chi connectivity index (χ1v) is 25.9. The van der Waals surface area contributed by atoms with E-state index in [1.54, 1.807) is 150 Å². The molecule has 0 aliphatic carbocycles. The molecule has 0 spiro atoms. The lowest BCUT2D eigenvalue weighted by Gasteiger charge is -2.17. The smallest absolute Gasteiger partial charge is 0.212 e. The molecule has 4 heteroatoms. The van der Waals surface area contributed by atoms with Crippen LogP contribution in [0.1, 0.15) is 223 Å². The monoisotopic (exact) mass is 1070 g/mol. The van der Waals surface area contributed by atoms with E-state index in [1.165, 1.54) is 27.7 Å². The van der Waals surface area contributed by atoms with Crippen LogP contribution in [0.15, 0.2) is 104 Å². The topological polar surface area (TPSA) is 24.5 Å². The highest BCUT2D eigenvalue weighted by atomic mass is 14.9. The molecule has 8 aromatic rings. The predicted octanol–water partition coefficient (Wildman–Crippen LogP) is 18.4. The molecule has 8 rings (SSSR count). The Morgan fingerprint density at radius 3 is 1.18 bits per heavy atom. The van der Waals surface area contributed by atoms with Gasteiger partial charge in [0.1, 0.15) is 21.1 Å². The summed E-state index contributed by atoms with van der Waals surface area (Å²) in [4.78, 5) is 4.39. The molecule has 0 amide bonds. The quantitative estimate of drug-likeness (QED) is 0.139. The second kappa shape index (κ2) is 26.4. The van der Waals surface area contributed by atoms with E-state index in [-0.39, 0.29) is 5.69 Å². The van der Waals surface area contributed by atoms with Gasteiger partial charge in [-0.15, -0.1) is 0 Å². The van der Waals surface area contributed by atoms with E-state index >= 15 is 0 Å².